The monoisotopic (exact) mass is 240 g/mol. The average Bonchev–Trinajstić information content (AvgIpc) is 2.41. The Morgan fingerprint density at radius 3 is 2.39 bits per heavy atom. The molecule has 0 aliphatic rings. The molecule has 2 aromatic carbocycles. The first-order chi connectivity index (χ1) is 8.72. The molecule has 0 saturated carbocycles. The molecule has 2 aromatic rings. The van der Waals surface area contributed by atoms with Gasteiger partial charge in [0.05, 0.1) is 6.04 Å². The highest BCUT2D eigenvalue weighted by Crippen LogP contribution is 2.23. The molecular weight excluding hydrogens is 220 g/mol. The number of hydrogen-bond acceptors (Lipinski definition) is 2. The van der Waals surface area contributed by atoms with Gasteiger partial charge < -0.3 is 0 Å². The largest absolute Gasteiger partial charge is 0.271 e. The van der Waals surface area contributed by atoms with Crippen LogP contribution in [0.2, 0.25) is 0 Å². The van der Waals surface area contributed by atoms with E-state index < -0.39 is 0 Å². The van der Waals surface area contributed by atoms with Crippen LogP contribution in [0.3, 0.4) is 0 Å². The second-order valence-corrected chi connectivity index (χ2v) is 4.70. The van der Waals surface area contributed by atoms with Crippen LogP contribution in [0.5, 0.6) is 0 Å². The molecule has 0 fully saturated rings. The molecule has 1 atom stereocenters. The van der Waals surface area contributed by atoms with E-state index in [-0.39, 0.29) is 6.04 Å². The minimum atomic E-state index is 0.160. The van der Waals surface area contributed by atoms with Crippen LogP contribution in [-0.2, 0) is 6.42 Å². The van der Waals surface area contributed by atoms with Gasteiger partial charge in [0.2, 0.25) is 0 Å². The third-order valence-electron chi connectivity index (χ3n) is 3.51. The van der Waals surface area contributed by atoms with E-state index in [1.807, 2.05) is 6.07 Å². The fourth-order valence-electron chi connectivity index (χ4n) is 2.26. The van der Waals surface area contributed by atoms with Crippen LogP contribution < -0.4 is 11.3 Å². The zero-order chi connectivity index (χ0) is 13.0. The van der Waals surface area contributed by atoms with Gasteiger partial charge in [-0.2, -0.15) is 0 Å². The van der Waals surface area contributed by atoms with Gasteiger partial charge in [0.1, 0.15) is 0 Å². The van der Waals surface area contributed by atoms with Gasteiger partial charge in [-0.1, -0.05) is 48.5 Å². The zero-order valence-corrected chi connectivity index (χ0v) is 11.0. The number of nitrogens with one attached hydrogen (secondary N) is 1. The number of hydrazine groups is 1. The van der Waals surface area contributed by atoms with Gasteiger partial charge in [-0.05, 0) is 42.5 Å². The molecular formula is C16H20N2. The number of aryl methyl sites for hydroxylation is 1. The Kier molecular flexibility index (Phi) is 4.13. The van der Waals surface area contributed by atoms with Crippen molar-refractivity contribution >= 4 is 0 Å². The quantitative estimate of drug-likeness (QED) is 0.636. The van der Waals surface area contributed by atoms with Crippen LogP contribution in [-0.4, -0.2) is 0 Å². The molecule has 0 saturated heterocycles. The summed E-state index contributed by atoms with van der Waals surface area (Å²) in [7, 11) is 0. The summed E-state index contributed by atoms with van der Waals surface area (Å²) in [4.78, 5) is 0. The number of hydrogen-bond donors (Lipinski definition) is 2. The molecule has 18 heavy (non-hydrogen) atoms. The predicted molar refractivity (Wildman–Crippen MR) is 76.1 cm³/mol. The molecule has 0 heterocycles. The van der Waals surface area contributed by atoms with Crippen molar-refractivity contribution in [2.45, 2.75) is 26.3 Å². The molecule has 94 valence electrons. The SMILES string of the molecule is Cc1cccc(C(Cc2ccccc2)NN)c1C. The minimum Gasteiger partial charge on any atom is -0.271 e. The van der Waals surface area contributed by atoms with Crippen LogP contribution in [0.1, 0.15) is 28.3 Å². The van der Waals surface area contributed by atoms with Crippen molar-refractivity contribution in [2.75, 3.05) is 0 Å². The lowest BCUT2D eigenvalue weighted by atomic mass is 9.93. The van der Waals surface area contributed by atoms with E-state index in [1.54, 1.807) is 0 Å². The van der Waals surface area contributed by atoms with E-state index in [4.69, 9.17) is 5.84 Å². The van der Waals surface area contributed by atoms with Crippen LogP contribution in [0.4, 0.5) is 0 Å². The van der Waals surface area contributed by atoms with Gasteiger partial charge in [-0.25, -0.2) is 0 Å². The first-order valence-electron chi connectivity index (χ1n) is 6.28. The highest BCUT2D eigenvalue weighted by Gasteiger charge is 2.13. The summed E-state index contributed by atoms with van der Waals surface area (Å²) < 4.78 is 0. The fourth-order valence-corrected chi connectivity index (χ4v) is 2.26. The Labute approximate surface area is 109 Å². The second kappa shape index (κ2) is 5.80. The molecule has 1 unspecified atom stereocenters. The Bertz CT molecular complexity index is 506. The van der Waals surface area contributed by atoms with Crippen LogP contribution in [0.15, 0.2) is 48.5 Å². The van der Waals surface area contributed by atoms with E-state index in [0.29, 0.717) is 0 Å². The third kappa shape index (κ3) is 2.78. The Morgan fingerprint density at radius 1 is 1.00 bits per heavy atom. The normalized spacial score (nSPS) is 12.4. The van der Waals surface area contributed by atoms with E-state index >= 15 is 0 Å². The van der Waals surface area contributed by atoms with Crippen LogP contribution in [0.25, 0.3) is 0 Å². The van der Waals surface area contributed by atoms with Crippen molar-refractivity contribution in [3.05, 3.63) is 70.8 Å². The molecule has 2 heteroatoms. The standard InChI is InChI=1S/C16H20N2/c1-12-7-6-10-15(13(12)2)16(18-17)11-14-8-4-3-5-9-14/h3-10,16,18H,11,17H2,1-2H3. The van der Waals surface area contributed by atoms with E-state index in [1.165, 1.54) is 22.3 Å². The fraction of sp³-hybridized carbons (Fsp3) is 0.250. The summed E-state index contributed by atoms with van der Waals surface area (Å²) in [6.07, 6.45) is 0.904. The van der Waals surface area contributed by atoms with Crippen molar-refractivity contribution < 1.29 is 0 Å². The van der Waals surface area contributed by atoms with Crippen molar-refractivity contribution in [3.8, 4) is 0 Å². The molecule has 0 aliphatic carbocycles. The maximum absolute atomic E-state index is 5.72. The van der Waals surface area contributed by atoms with E-state index in [2.05, 4.69) is 61.7 Å². The number of rotatable bonds is 4. The summed E-state index contributed by atoms with van der Waals surface area (Å²) in [5.41, 5.74) is 8.13. The molecule has 2 rings (SSSR count). The van der Waals surface area contributed by atoms with Crippen molar-refractivity contribution in [1.82, 2.24) is 5.43 Å². The molecule has 0 amide bonds. The number of nitrogens with two attached hydrogens (primary N) is 1. The van der Waals surface area contributed by atoms with Gasteiger partial charge in [0, 0.05) is 0 Å². The molecule has 0 radical (unpaired) electrons. The van der Waals surface area contributed by atoms with Crippen molar-refractivity contribution in [2.24, 2.45) is 5.84 Å². The summed E-state index contributed by atoms with van der Waals surface area (Å²) in [5, 5.41) is 0. The van der Waals surface area contributed by atoms with E-state index in [9.17, 15) is 0 Å². The average molecular weight is 240 g/mol. The molecule has 3 N–H and O–H groups in total. The van der Waals surface area contributed by atoms with Gasteiger partial charge in [0.25, 0.3) is 0 Å². The third-order valence-corrected chi connectivity index (χ3v) is 3.51. The van der Waals surface area contributed by atoms with Crippen LogP contribution in [0, 0.1) is 13.8 Å². The molecule has 0 bridgehead atoms. The Hall–Kier alpha value is -1.64. The van der Waals surface area contributed by atoms with Crippen LogP contribution >= 0.6 is 0 Å². The maximum Gasteiger partial charge on any atom is 0.0503 e. The minimum absolute atomic E-state index is 0.160. The first-order valence-corrected chi connectivity index (χ1v) is 6.28. The molecule has 0 spiro atoms. The summed E-state index contributed by atoms with van der Waals surface area (Å²) in [6, 6.07) is 17.0. The Morgan fingerprint density at radius 2 is 1.72 bits per heavy atom. The second-order valence-electron chi connectivity index (χ2n) is 4.70. The van der Waals surface area contributed by atoms with Gasteiger partial charge in [-0.3, -0.25) is 11.3 Å². The zero-order valence-electron chi connectivity index (χ0n) is 11.0. The predicted octanol–water partition coefficient (Wildman–Crippen LogP) is 3.05. The Balaban J connectivity index is 2.26. The van der Waals surface area contributed by atoms with Gasteiger partial charge in [-0.15, -0.1) is 0 Å². The first kappa shape index (κ1) is 12.8. The summed E-state index contributed by atoms with van der Waals surface area (Å²) in [6.45, 7) is 4.29. The van der Waals surface area contributed by atoms with Crippen molar-refractivity contribution in [3.63, 3.8) is 0 Å². The maximum atomic E-state index is 5.72. The molecule has 0 aromatic heterocycles. The van der Waals surface area contributed by atoms with Gasteiger partial charge in [0.15, 0.2) is 0 Å². The lowest BCUT2D eigenvalue weighted by Gasteiger charge is -2.19. The molecule has 2 nitrogen and oxygen atoms in total. The number of benzene rings is 2. The van der Waals surface area contributed by atoms with Crippen molar-refractivity contribution in [1.29, 1.82) is 0 Å². The summed E-state index contributed by atoms with van der Waals surface area (Å²) in [5.74, 6) is 5.72. The lowest BCUT2D eigenvalue weighted by Crippen LogP contribution is -2.30. The molecule has 0 aliphatic heterocycles. The highest BCUT2D eigenvalue weighted by molar-refractivity contribution is 5.36. The topological polar surface area (TPSA) is 38.0 Å². The summed E-state index contributed by atoms with van der Waals surface area (Å²) >= 11 is 0. The smallest absolute Gasteiger partial charge is 0.0503 e. The lowest BCUT2D eigenvalue weighted by molar-refractivity contribution is 0.549. The van der Waals surface area contributed by atoms with E-state index in [0.717, 1.165) is 6.42 Å². The highest BCUT2D eigenvalue weighted by atomic mass is 15.2. The van der Waals surface area contributed by atoms with Gasteiger partial charge >= 0.3 is 0 Å².